The van der Waals surface area contributed by atoms with Crippen molar-refractivity contribution >= 4 is 12.0 Å². The molecule has 0 aromatic carbocycles. The van der Waals surface area contributed by atoms with Crippen molar-refractivity contribution in [2.45, 2.75) is 19.3 Å². The first-order chi connectivity index (χ1) is 7.64. The number of carbonyl (C=O) groups is 2. The van der Waals surface area contributed by atoms with E-state index in [1.807, 2.05) is 12.2 Å². The van der Waals surface area contributed by atoms with Gasteiger partial charge in [0.1, 0.15) is 0 Å². The van der Waals surface area contributed by atoms with Crippen molar-refractivity contribution in [2.24, 2.45) is 5.41 Å². The van der Waals surface area contributed by atoms with E-state index < -0.39 is 11.4 Å². The molecule has 0 radical (unpaired) electrons. The van der Waals surface area contributed by atoms with Crippen LogP contribution in [0.2, 0.25) is 0 Å². The van der Waals surface area contributed by atoms with Crippen molar-refractivity contribution in [2.75, 3.05) is 19.6 Å². The summed E-state index contributed by atoms with van der Waals surface area (Å²) in [5, 5.41) is 11.7. The average Bonchev–Trinajstić information content (AvgIpc) is 3.08. The molecular weight excluding hydrogens is 208 g/mol. The van der Waals surface area contributed by atoms with Crippen LogP contribution in [0, 0.1) is 5.41 Å². The number of nitrogens with zero attached hydrogens (tertiary/aromatic N) is 1. The highest BCUT2D eigenvalue weighted by Gasteiger charge is 2.50. The Morgan fingerprint density at radius 1 is 1.38 bits per heavy atom. The molecule has 1 aliphatic carbocycles. The van der Waals surface area contributed by atoms with Crippen LogP contribution >= 0.6 is 0 Å². The zero-order valence-corrected chi connectivity index (χ0v) is 9.11. The van der Waals surface area contributed by atoms with Gasteiger partial charge in [0, 0.05) is 19.6 Å². The molecule has 2 N–H and O–H groups in total. The van der Waals surface area contributed by atoms with E-state index in [2.05, 4.69) is 5.32 Å². The lowest BCUT2D eigenvalue weighted by Gasteiger charge is -2.24. The Balaban J connectivity index is 1.80. The van der Waals surface area contributed by atoms with Crippen molar-refractivity contribution in [1.82, 2.24) is 10.2 Å². The summed E-state index contributed by atoms with van der Waals surface area (Å²) >= 11 is 0. The molecule has 1 saturated carbocycles. The number of carbonyl (C=O) groups excluding carboxylic acids is 1. The van der Waals surface area contributed by atoms with Crippen molar-refractivity contribution in [3.05, 3.63) is 12.2 Å². The number of urea groups is 1. The number of aliphatic carboxylic acids is 1. The highest BCUT2D eigenvalue weighted by atomic mass is 16.4. The number of amides is 2. The summed E-state index contributed by atoms with van der Waals surface area (Å²) in [5.41, 5.74) is -0.679. The second-order valence-electron chi connectivity index (χ2n) is 4.45. The molecule has 0 unspecified atom stereocenters. The van der Waals surface area contributed by atoms with E-state index >= 15 is 0 Å². The summed E-state index contributed by atoms with van der Waals surface area (Å²) in [5.74, 6) is -0.800. The fourth-order valence-electron chi connectivity index (χ4n) is 1.80. The molecule has 88 valence electrons. The van der Waals surface area contributed by atoms with Crippen LogP contribution in [0.1, 0.15) is 19.3 Å². The molecule has 1 aliphatic heterocycles. The lowest BCUT2D eigenvalue weighted by Crippen LogP contribution is -2.44. The Labute approximate surface area is 94.1 Å². The van der Waals surface area contributed by atoms with Crippen LogP contribution in [-0.2, 0) is 4.79 Å². The van der Waals surface area contributed by atoms with Gasteiger partial charge in [0.2, 0.25) is 0 Å². The molecule has 1 heterocycles. The van der Waals surface area contributed by atoms with Gasteiger partial charge >= 0.3 is 12.0 Å². The van der Waals surface area contributed by atoms with E-state index in [1.165, 1.54) is 0 Å². The maximum absolute atomic E-state index is 11.7. The molecule has 16 heavy (non-hydrogen) atoms. The molecule has 2 amide bonds. The van der Waals surface area contributed by atoms with Crippen molar-refractivity contribution in [3.63, 3.8) is 0 Å². The third-order valence-electron chi connectivity index (χ3n) is 3.23. The maximum atomic E-state index is 11.7. The topological polar surface area (TPSA) is 69.6 Å². The molecule has 5 nitrogen and oxygen atoms in total. The number of hydrogen-bond acceptors (Lipinski definition) is 2. The van der Waals surface area contributed by atoms with Gasteiger partial charge in [0.05, 0.1) is 5.41 Å². The first-order valence-electron chi connectivity index (χ1n) is 5.55. The summed E-state index contributed by atoms with van der Waals surface area (Å²) in [6, 6.07) is -0.156. The molecule has 5 heteroatoms. The summed E-state index contributed by atoms with van der Waals surface area (Å²) in [7, 11) is 0. The summed E-state index contributed by atoms with van der Waals surface area (Å²) in [6.07, 6.45) is 6.21. The van der Waals surface area contributed by atoms with Crippen LogP contribution in [0.3, 0.4) is 0 Å². The summed E-state index contributed by atoms with van der Waals surface area (Å²) in [6.45, 7) is 1.58. The van der Waals surface area contributed by atoms with Gasteiger partial charge in [-0.3, -0.25) is 4.79 Å². The van der Waals surface area contributed by atoms with Crippen LogP contribution in [0.25, 0.3) is 0 Å². The van der Waals surface area contributed by atoms with E-state index in [-0.39, 0.29) is 12.6 Å². The highest BCUT2D eigenvalue weighted by molar-refractivity contribution is 5.80. The van der Waals surface area contributed by atoms with Gasteiger partial charge in [-0.05, 0) is 19.3 Å². The zero-order valence-electron chi connectivity index (χ0n) is 9.11. The summed E-state index contributed by atoms with van der Waals surface area (Å²) < 4.78 is 0. The standard InChI is InChI=1S/C11H16N2O3/c14-9(15)11(4-5-11)8-12-10(16)13-6-2-1-3-7-13/h1-2H,3-8H2,(H,12,16)(H,14,15). The second kappa shape index (κ2) is 4.15. The van der Waals surface area contributed by atoms with Crippen molar-refractivity contribution < 1.29 is 14.7 Å². The minimum atomic E-state index is -0.800. The minimum Gasteiger partial charge on any atom is -0.481 e. The summed E-state index contributed by atoms with van der Waals surface area (Å²) in [4.78, 5) is 24.3. The molecule has 0 atom stereocenters. The van der Waals surface area contributed by atoms with Gasteiger partial charge in [0.25, 0.3) is 0 Å². The maximum Gasteiger partial charge on any atom is 0.317 e. The van der Waals surface area contributed by atoms with Gasteiger partial charge in [-0.15, -0.1) is 0 Å². The van der Waals surface area contributed by atoms with Gasteiger partial charge < -0.3 is 15.3 Å². The normalized spacial score (nSPS) is 21.6. The quantitative estimate of drug-likeness (QED) is 0.697. The number of carboxylic acids is 1. The van der Waals surface area contributed by atoms with Gasteiger partial charge in [0.15, 0.2) is 0 Å². The third-order valence-corrected chi connectivity index (χ3v) is 3.23. The Morgan fingerprint density at radius 3 is 2.62 bits per heavy atom. The van der Waals surface area contributed by atoms with Gasteiger partial charge in [-0.2, -0.15) is 0 Å². The highest BCUT2D eigenvalue weighted by Crippen LogP contribution is 2.45. The van der Waals surface area contributed by atoms with Crippen LogP contribution in [0.4, 0.5) is 4.79 Å². The van der Waals surface area contributed by atoms with E-state index in [0.717, 1.165) is 6.42 Å². The van der Waals surface area contributed by atoms with E-state index in [9.17, 15) is 9.59 Å². The van der Waals surface area contributed by atoms with Crippen LogP contribution in [0.5, 0.6) is 0 Å². The molecular formula is C11H16N2O3. The first-order valence-corrected chi connectivity index (χ1v) is 5.55. The number of rotatable bonds is 3. The van der Waals surface area contributed by atoms with E-state index in [1.54, 1.807) is 4.90 Å². The fourth-order valence-corrected chi connectivity index (χ4v) is 1.80. The van der Waals surface area contributed by atoms with E-state index in [0.29, 0.717) is 25.9 Å². The number of nitrogens with one attached hydrogen (secondary N) is 1. The second-order valence-corrected chi connectivity index (χ2v) is 4.45. The molecule has 0 spiro atoms. The Morgan fingerprint density at radius 2 is 2.12 bits per heavy atom. The van der Waals surface area contributed by atoms with Crippen LogP contribution in [-0.4, -0.2) is 41.6 Å². The Hall–Kier alpha value is -1.52. The predicted molar refractivity (Wildman–Crippen MR) is 58.0 cm³/mol. The number of hydrogen-bond donors (Lipinski definition) is 2. The molecule has 0 aromatic heterocycles. The zero-order chi connectivity index (χ0) is 11.6. The molecule has 1 fully saturated rings. The predicted octanol–water partition coefficient (Wildman–Crippen LogP) is 0.823. The van der Waals surface area contributed by atoms with Crippen LogP contribution in [0.15, 0.2) is 12.2 Å². The Kier molecular flexibility index (Phi) is 2.85. The molecule has 0 bridgehead atoms. The van der Waals surface area contributed by atoms with Crippen LogP contribution < -0.4 is 5.32 Å². The van der Waals surface area contributed by atoms with Crippen molar-refractivity contribution in [3.8, 4) is 0 Å². The lowest BCUT2D eigenvalue weighted by atomic mass is 10.1. The molecule has 0 aromatic rings. The average molecular weight is 224 g/mol. The van der Waals surface area contributed by atoms with Gasteiger partial charge in [-0.1, -0.05) is 12.2 Å². The lowest BCUT2D eigenvalue weighted by molar-refractivity contribution is -0.143. The van der Waals surface area contributed by atoms with Crippen molar-refractivity contribution in [1.29, 1.82) is 0 Å². The largest absolute Gasteiger partial charge is 0.481 e. The third kappa shape index (κ3) is 2.18. The molecule has 0 saturated heterocycles. The molecule has 2 rings (SSSR count). The minimum absolute atomic E-state index is 0.156. The Bertz CT molecular complexity index is 334. The first kappa shape index (κ1) is 11.0. The van der Waals surface area contributed by atoms with E-state index in [4.69, 9.17) is 5.11 Å². The SMILES string of the molecule is O=C(NCC1(C(=O)O)CC1)N1CC=CCC1. The fraction of sp³-hybridized carbons (Fsp3) is 0.636. The monoisotopic (exact) mass is 224 g/mol. The molecule has 2 aliphatic rings. The van der Waals surface area contributed by atoms with Gasteiger partial charge in [-0.25, -0.2) is 4.79 Å². The smallest absolute Gasteiger partial charge is 0.317 e. The number of carboxylic acid groups (broad SMARTS) is 1.